The van der Waals surface area contributed by atoms with Crippen molar-refractivity contribution in [3.05, 3.63) is 0 Å². The van der Waals surface area contributed by atoms with Gasteiger partial charge in [0.05, 0.1) is 0 Å². The van der Waals surface area contributed by atoms with Gasteiger partial charge in [0.25, 0.3) is 0 Å². The SMILES string of the molecule is CC(C)C[C@H](NC(=O)CC1(CN)CCC1)C(=O)O. The van der Waals surface area contributed by atoms with Crippen LogP contribution in [-0.4, -0.2) is 29.6 Å². The Morgan fingerprint density at radius 2 is 2.00 bits per heavy atom. The molecule has 1 fully saturated rings. The molecule has 1 saturated carbocycles. The van der Waals surface area contributed by atoms with Crippen molar-refractivity contribution in [3.63, 3.8) is 0 Å². The van der Waals surface area contributed by atoms with Crippen LogP contribution in [0.2, 0.25) is 0 Å². The number of nitrogens with one attached hydrogen (secondary N) is 1. The lowest BCUT2D eigenvalue weighted by Gasteiger charge is -2.40. The highest BCUT2D eigenvalue weighted by Crippen LogP contribution is 2.42. The molecule has 5 heteroatoms. The minimum absolute atomic E-state index is 0.0784. The van der Waals surface area contributed by atoms with Crippen LogP contribution in [0.15, 0.2) is 0 Å². The van der Waals surface area contributed by atoms with Gasteiger partial charge in [0.2, 0.25) is 5.91 Å². The molecular formula is C13H24N2O3. The Bertz CT molecular complexity index is 306. The number of carbonyl (C=O) groups excluding carboxylic acids is 1. The second kappa shape index (κ2) is 6.18. The lowest BCUT2D eigenvalue weighted by atomic mass is 9.66. The lowest BCUT2D eigenvalue weighted by Crippen LogP contribution is -2.46. The van der Waals surface area contributed by atoms with Gasteiger partial charge in [0.15, 0.2) is 0 Å². The smallest absolute Gasteiger partial charge is 0.326 e. The molecule has 0 unspecified atom stereocenters. The predicted molar refractivity (Wildman–Crippen MR) is 69.0 cm³/mol. The molecule has 5 nitrogen and oxygen atoms in total. The summed E-state index contributed by atoms with van der Waals surface area (Å²) in [7, 11) is 0. The number of carboxylic acids is 1. The Labute approximate surface area is 108 Å². The Balaban J connectivity index is 2.48. The van der Waals surface area contributed by atoms with Gasteiger partial charge in [-0.1, -0.05) is 20.3 Å². The van der Waals surface area contributed by atoms with Crippen LogP contribution in [0.4, 0.5) is 0 Å². The number of aliphatic carboxylic acids is 1. The number of hydrogen-bond acceptors (Lipinski definition) is 3. The molecule has 1 rings (SSSR count). The van der Waals surface area contributed by atoms with Crippen LogP contribution in [0.5, 0.6) is 0 Å². The fourth-order valence-electron chi connectivity index (χ4n) is 2.41. The summed E-state index contributed by atoms with van der Waals surface area (Å²) >= 11 is 0. The van der Waals surface area contributed by atoms with Crippen molar-refractivity contribution < 1.29 is 14.7 Å². The van der Waals surface area contributed by atoms with E-state index in [4.69, 9.17) is 10.8 Å². The van der Waals surface area contributed by atoms with E-state index in [9.17, 15) is 9.59 Å². The van der Waals surface area contributed by atoms with Crippen molar-refractivity contribution in [1.29, 1.82) is 0 Å². The maximum atomic E-state index is 11.9. The molecule has 18 heavy (non-hydrogen) atoms. The zero-order valence-corrected chi connectivity index (χ0v) is 11.2. The third-order valence-electron chi connectivity index (χ3n) is 3.72. The first kappa shape index (κ1) is 15.0. The molecule has 104 valence electrons. The van der Waals surface area contributed by atoms with Gasteiger partial charge < -0.3 is 16.2 Å². The van der Waals surface area contributed by atoms with Crippen molar-refractivity contribution in [2.45, 2.75) is 52.0 Å². The van der Waals surface area contributed by atoms with Crippen LogP contribution in [0.25, 0.3) is 0 Å². The lowest BCUT2D eigenvalue weighted by molar-refractivity contribution is -0.142. The molecule has 4 N–H and O–H groups in total. The van der Waals surface area contributed by atoms with Gasteiger partial charge in [0.1, 0.15) is 6.04 Å². The van der Waals surface area contributed by atoms with Gasteiger partial charge in [0, 0.05) is 6.42 Å². The summed E-state index contributed by atoms with van der Waals surface area (Å²) in [5.41, 5.74) is 5.61. The van der Waals surface area contributed by atoms with E-state index in [0.29, 0.717) is 19.4 Å². The van der Waals surface area contributed by atoms with Crippen LogP contribution in [0.3, 0.4) is 0 Å². The van der Waals surface area contributed by atoms with E-state index < -0.39 is 12.0 Å². The Hall–Kier alpha value is -1.10. The maximum Gasteiger partial charge on any atom is 0.326 e. The molecule has 0 aromatic carbocycles. The summed E-state index contributed by atoms with van der Waals surface area (Å²) in [6.07, 6.45) is 3.86. The topological polar surface area (TPSA) is 92.4 Å². The van der Waals surface area contributed by atoms with Crippen molar-refractivity contribution in [3.8, 4) is 0 Å². The minimum atomic E-state index is -0.965. The third kappa shape index (κ3) is 3.98. The first-order valence-corrected chi connectivity index (χ1v) is 6.61. The van der Waals surface area contributed by atoms with E-state index in [1.54, 1.807) is 0 Å². The Morgan fingerprint density at radius 1 is 1.39 bits per heavy atom. The first-order valence-electron chi connectivity index (χ1n) is 6.61. The summed E-state index contributed by atoms with van der Waals surface area (Å²) in [5, 5.41) is 11.7. The summed E-state index contributed by atoms with van der Waals surface area (Å²) < 4.78 is 0. The molecular weight excluding hydrogens is 232 g/mol. The molecule has 0 aromatic rings. The summed E-state index contributed by atoms with van der Waals surface area (Å²) in [6.45, 7) is 4.38. The van der Waals surface area contributed by atoms with E-state index in [0.717, 1.165) is 19.3 Å². The van der Waals surface area contributed by atoms with Crippen LogP contribution in [0, 0.1) is 11.3 Å². The number of carbonyl (C=O) groups is 2. The summed E-state index contributed by atoms with van der Waals surface area (Å²) in [5.74, 6) is -0.917. The van der Waals surface area contributed by atoms with E-state index >= 15 is 0 Å². The molecule has 0 radical (unpaired) electrons. The molecule has 0 bridgehead atoms. The molecule has 0 saturated heterocycles. The first-order chi connectivity index (χ1) is 8.38. The molecule has 1 amide bonds. The average Bonchev–Trinajstić information content (AvgIpc) is 2.21. The normalized spacial score (nSPS) is 19.1. The van der Waals surface area contributed by atoms with Crippen molar-refractivity contribution >= 4 is 11.9 Å². The molecule has 0 aromatic heterocycles. The van der Waals surface area contributed by atoms with Crippen molar-refractivity contribution in [2.24, 2.45) is 17.1 Å². The number of amides is 1. The number of hydrogen-bond donors (Lipinski definition) is 3. The molecule has 0 heterocycles. The number of nitrogens with two attached hydrogens (primary N) is 1. The van der Waals surface area contributed by atoms with Crippen LogP contribution >= 0.6 is 0 Å². The van der Waals surface area contributed by atoms with Crippen LogP contribution in [0.1, 0.15) is 46.0 Å². The monoisotopic (exact) mass is 256 g/mol. The highest BCUT2D eigenvalue weighted by Gasteiger charge is 2.38. The van der Waals surface area contributed by atoms with E-state index in [1.165, 1.54) is 0 Å². The predicted octanol–water partition coefficient (Wildman–Crippen LogP) is 1.12. The molecule has 0 spiro atoms. The summed E-state index contributed by atoms with van der Waals surface area (Å²) in [4.78, 5) is 22.9. The largest absolute Gasteiger partial charge is 0.480 e. The summed E-state index contributed by atoms with van der Waals surface area (Å²) in [6, 6.07) is -0.785. The average molecular weight is 256 g/mol. The van der Waals surface area contributed by atoms with Crippen molar-refractivity contribution in [1.82, 2.24) is 5.32 Å². The van der Waals surface area contributed by atoms with E-state index in [-0.39, 0.29) is 17.2 Å². The Kier molecular flexibility index (Phi) is 5.14. The van der Waals surface area contributed by atoms with Crippen molar-refractivity contribution in [2.75, 3.05) is 6.54 Å². The van der Waals surface area contributed by atoms with Gasteiger partial charge in [-0.25, -0.2) is 4.79 Å². The standard InChI is InChI=1S/C13H24N2O3/c1-9(2)6-10(12(17)18)15-11(16)7-13(8-14)4-3-5-13/h9-10H,3-8,14H2,1-2H3,(H,15,16)(H,17,18)/t10-/m0/s1. The number of rotatable bonds is 7. The molecule has 0 aliphatic heterocycles. The quantitative estimate of drug-likeness (QED) is 0.636. The van der Waals surface area contributed by atoms with E-state index in [1.807, 2.05) is 13.8 Å². The fraction of sp³-hybridized carbons (Fsp3) is 0.846. The van der Waals surface area contributed by atoms with Gasteiger partial charge >= 0.3 is 5.97 Å². The molecule has 1 atom stereocenters. The molecule has 1 aliphatic rings. The second-order valence-corrected chi connectivity index (χ2v) is 5.82. The third-order valence-corrected chi connectivity index (χ3v) is 3.72. The zero-order chi connectivity index (χ0) is 13.8. The van der Waals surface area contributed by atoms with Gasteiger partial charge in [-0.3, -0.25) is 4.79 Å². The second-order valence-electron chi connectivity index (χ2n) is 5.82. The van der Waals surface area contributed by atoms with Crippen LogP contribution in [-0.2, 0) is 9.59 Å². The highest BCUT2D eigenvalue weighted by atomic mass is 16.4. The zero-order valence-electron chi connectivity index (χ0n) is 11.2. The number of carboxylic acid groups (broad SMARTS) is 1. The Morgan fingerprint density at radius 3 is 2.33 bits per heavy atom. The fourth-order valence-corrected chi connectivity index (χ4v) is 2.41. The minimum Gasteiger partial charge on any atom is -0.480 e. The highest BCUT2D eigenvalue weighted by molar-refractivity contribution is 5.83. The molecule has 1 aliphatic carbocycles. The van der Waals surface area contributed by atoms with Crippen LogP contribution < -0.4 is 11.1 Å². The van der Waals surface area contributed by atoms with Gasteiger partial charge in [-0.2, -0.15) is 0 Å². The van der Waals surface area contributed by atoms with Gasteiger partial charge in [-0.05, 0) is 37.1 Å². The van der Waals surface area contributed by atoms with E-state index in [2.05, 4.69) is 5.32 Å². The van der Waals surface area contributed by atoms with Gasteiger partial charge in [-0.15, -0.1) is 0 Å². The maximum absolute atomic E-state index is 11.9.